The number of para-hydroxylation sites is 1. The average Bonchev–Trinajstić information content (AvgIpc) is 2.95. The number of rotatable bonds is 8. The molecule has 12 heteroatoms. The molecule has 0 spiro atoms. The van der Waals surface area contributed by atoms with E-state index in [4.69, 9.17) is 4.74 Å². The van der Waals surface area contributed by atoms with Crippen molar-refractivity contribution >= 4 is 17.5 Å². The van der Waals surface area contributed by atoms with Crippen molar-refractivity contribution in [1.82, 2.24) is 19.8 Å². The molecule has 0 saturated heterocycles. The minimum Gasteiger partial charge on any atom is -0.486 e. The van der Waals surface area contributed by atoms with Crippen molar-refractivity contribution in [1.29, 1.82) is 0 Å². The van der Waals surface area contributed by atoms with Crippen LogP contribution in [0.1, 0.15) is 45.8 Å². The number of hydrogen-bond acceptors (Lipinski definition) is 7. The van der Waals surface area contributed by atoms with Crippen molar-refractivity contribution in [3.05, 3.63) is 83.4 Å². The van der Waals surface area contributed by atoms with E-state index in [-0.39, 0.29) is 41.1 Å². The summed E-state index contributed by atoms with van der Waals surface area (Å²) in [5, 5.41) is 12.6. The fraction of sp³-hybridized carbons (Fsp3) is 0.379. The number of fused-ring (bicyclic) bond motifs is 1. The number of aromatic nitrogens is 2. The van der Waals surface area contributed by atoms with Crippen LogP contribution in [-0.2, 0) is 12.7 Å². The van der Waals surface area contributed by atoms with Crippen molar-refractivity contribution in [2.75, 3.05) is 32.1 Å². The normalized spacial score (nSPS) is 18.2. The highest BCUT2D eigenvalue weighted by molar-refractivity contribution is 6.06. The number of nitrogens with one attached hydrogen (secondary N) is 1. The zero-order valence-corrected chi connectivity index (χ0v) is 22.9. The van der Waals surface area contributed by atoms with Crippen LogP contribution in [0.4, 0.5) is 18.9 Å². The molecule has 0 unspecified atom stereocenters. The van der Waals surface area contributed by atoms with Crippen LogP contribution >= 0.6 is 0 Å². The summed E-state index contributed by atoms with van der Waals surface area (Å²) in [7, 11) is 1.83. The number of hydrogen-bond donors (Lipinski definition) is 2. The maximum absolute atomic E-state index is 13.6. The first-order valence-corrected chi connectivity index (χ1v) is 13.1. The zero-order chi connectivity index (χ0) is 29.7. The third-order valence-corrected chi connectivity index (χ3v) is 6.96. The third-order valence-electron chi connectivity index (χ3n) is 6.96. The number of benzene rings is 2. The summed E-state index contributed by atoms with van der Waals surface area (Å²) in [5.74, 6) is -0.904. The molecule has 4 rings (SSSR count). The lowest BCUT2D eigenvalue weighted by Crippen LogP contribution is -2.49. The maximum Gasteiger partial charge on any atom is 0.416 e. The Balaban J connectivity index is 1.63. The van der Waals surface area contributed by atoms with Crippen LogP contribution in [0.5, 0.6) is 5.75 Å². The number of amides is 2. The number of likely N-dealkylation sites (N-methyl/N-ethyl adjacent to an activating group) is 1. The van der Waals surface area contributed by atoms with Gasteiger partial charge in [-0.3, -0.25) is 19.5 Å². The first kappa shape index (κ1) is 29.9. The van der Waals surface area contributed by atoms with Crippen LogP contribution in [0.2, 0.25) is 0 Å². The molecule has 0 fully saturated rings. The molecule has 2 aromatic carbocycles. The smallest absolute Gasteiger partial charge is 0.416 e. The molecular weight excluding hydrogens is 539 g/mol. The fourth-order valence-electron chi connectivity index (χ4n) is 4.64. The van der Waals surface area contributed by atoms with Gasteiger partial charge in [0.05, 0.1) is 35.7 Å². The molecule has 0 saturated carbocycles. The largest absolute Gasteiger partial charge is 0.486 e. The van der Waals surface area contributed by atoms with Gasteiger partial charge in [0.1, 0.15) is 11.8 Å². The van der Waals surface area contributed by atoms with Crippen molar-refractivity contribution in [2.24, 2.45) is 5.92 Å². The highest BCUT2D eigenvalue weighted by atomic mass is 19.4. The van der Waals surface area contributed by atoms with Crippen molar-refractivity contribution in [3.63, 3.8) is 0 Å². The second-order valence-electron chi connectivity index (χ2n) is 10.2. The number of nitrogens with zero attached hydrogens (tertiary/aromatic N) is 4. The summed E-state index contributed by atoms with van der Waals surface area (Å²) >= 11 is 0. The van der Waals surface area contributed by atoms with E-state index in [1.165, 1.54) is 30.7 Å². The van der Waals surface area contributed by atoms with Gasteiger partial charge in [-0.25, -0.2) is 4.98 Å². The number of ether oxygens (including phenoxy) is 1. The van der Waals surface area contributed by atoms with E-state index in [0.717, 1.165) is 12.1 Å². The van der Waals surface area contributed by atoms with Gasteiger partial charge in [-0.15, -0.1) is 0 Å². The summed E-state index contributed by atoms with van der Waals surface area (Å²) in [6.45, 7) is 4.46. The molecular formula is C29H32F3N5O4. The molecule has 1 aromatic heterocycles. The van der Waals surface area contributed by atoms with Gasteiger partial charge in [0, 0.05) is 37.9 Å². The van der Waals surface area contributed by atoms with Crippen LogP contribution in [0.3, 0.4) is 0 Å². The standard InChI is InChI=1S/C29H32F3N5O4/c1-18-14-37(19(2)17-38)28(40)22-5-4-6-23(35-27(39)24-13-33-11-12-34-24)26(22)41-25(18)16-36(3)15-20-7-9-21(10-8-20)29(30,31)32/h4-13,18-19,25,38H,14-17H2,1-3H3,(H,35,39)/t18-,19+,25+/m1/s1. The molecule has 0 aliphatic carbocycles. The van der Waals surface area contributed by atoms with Gasteiger partial charge in [0.2, 0.25) is 0 Å². The van der Waals surface area contributed by atoms with E-state index in [9.17, 15) is 27.9 Å². The van der Waals surface area contributed by atoms with Crippen LogP contribution < -0.4 is 10.1 Å². The number of carbonyl (C=O) groups excluding carboxylic acids is 2. The number of alkyl halides is 3. The van der Waals surface area contributed by atoms with Crippen LogP contribution in [0.15, 0.2) is 61.1 Å². The molecule has 2 N–H and O–H groups in total. The fourth-order valence-corrected chi connectivity index (χ4v) is 4.64. The summed E-state index contributed by atoms with van der Waals surface area (Å²) in [6, 6.07) is 9.38. The molecule has 3 atom stereocenters. The lowest BCUT2D eigenvalue weighted by Gasteiger charge is -2.38. The second kappa shape index (κ2) is 12.6. The number of carbonyl (C=O) groups is 2. The van der Waals surface area contributed by atoms with Gasteiger partial charge in [0.25, 0.3) is 11.8 Å². The average molecular weight is 572 g/mol. The van der Waals surface area contributed by atoms with E-state index >= 15 is 0 Å². The maximum atomic E-state index is 13.6. The second-order valence-corrected chi connectivity index (χ2v) is 10.2. The summed E-state index contributed by atoms with van der Waals surface area (Å²) in [6.07, 6.45) is -0.734. The minimum atomic E-state index is -4.41. The van der Waals surface area contributed by atoms with E-state index < -0.39 is 29.8 Å². The van der Waals surface area contributed by atoms with Crippen LogP contribution in [0.25, 0.3) is 0 Å². The first-order valence-electron chi connectivity index (χ1n) is 13.1. The van der Waals surface area contributed by atoms with Gasteiger partial charge < -0.3 is 20.1 Å². The molecule has 0 radical (unpaired) electrons. The summed E-state index contributed by atoms with van der Waals surface area (Å²) < 4.78 is 45.4. The Labute approximate surface area is 236 Å². The number of anilines is 1. The molecule has 218 valence electrons. The van der Waals surface area contributed by atoms with Gasteiger partial charge >= 0.3 is 6.18 Å². The molecule has 1 aliphatic heterocycles. The monoisotopic (exact) mass is 571 g/mol. The van der Waals surface area contributed by atoms with E-state index in [2.05, 4.69) is 15.3 Å². The van der Waals surface area contributed by atoms with Gasteiger partial charge in [0.15, 0.2) is 5.75 Å². The van der Waals surface area contributed by atoms with Crippen LogP contribution in [-0.4, -0.2) is 75.6 Å². The minimum absolute atomic E-state index is 0.0824. The molecule has 3 aromatic rings. The molecule has 1 aliphatic rings. The van der Waals surface area contributed by atoms with E-state index in [1.807, 2.05) is 18.9 Å². The molecule has 9 nitrogen and oxygen atoms in total. The number of halogens is 3. The predicted molar refractivity (Wildman–Crippen MR) is 145 cm³/mol. The first-order chi connectivity index (χ1) is 19.5. The molecule has 0 bridgehead atoms. The highest BCUT2D eigenvalue weighted by Gasteiger charge is 2.35. The number of aliphatic hydroxyl groups is 1. The Kier molecular flexibility index (Phi) is 9.24. The summed E-state index contributed by atoms with van der Waals surface area (Å²) in [5.41, 5.74) is 0.564. The van der Waals surface area contributed by atoms with Crippen molar-refractivity contribution in [2.45, 2.75) is 38.7 Å². The van der Waals surface area contributed by atoms with E-state index in [0.29, 0.717) is 25.2 Å². The SMILES string of the molecule is C[C@@H]1CN([C@@H](C)CO)C(=O)c2cccc(NC(=O)c3cnccn3)c2O[C@H]1CN(C)Cc1ccc(C(F)(F)F)cc1. The highest BCUT2D eigenvalue weighted by Crippen LogP contribution is 2.35. The van der Waals surface area contributed by atoms with Gasteiger partial charge in [-0.2, -0.15) is 13.2 Å². The summed E-state index contributed by atoms with van der Waals surface area (Å²) in [4.78, 5) is 38.0. The topological polar surface area (TPSA) is 108 Å². The van der Waals surface area contributed by atoms with E-state index in [1.54, 1.807) is 30.0 Å². The van der Waals surface area contributed by atoms with Crippen molar-refractivity contribution in [3.8, 4) is 5.75 Å². The van der Waals surface area contributed by atoms with Gasteiger partial charge in [-0.1, -0.05) is 25.1 Å². The Morgan fingerprint density at radius 1 is 1.22 bits per heavy atom. The number of aliphatic hydroxyl groups excluding tert-OH is 1. The van der Waals surface area contributed by atoms with Crippen LogP contribution in [0, 0.1) is 5.92 Å². The Hall–Kier alpha value is -4.03. The quantitative estimate of drug-likeness (QED) is 0.419. The molecule has 2 amide bonds. The lowest BCUT2D eigenvalue weighted by molar-refractivity contribution is -0.137. The molecule has 2 heterocycles. The lowest BCUT2D eigenvalue weighted by atomic mass is 9.98. The third kappa shape index (κ3) is 7.19. The Morgan fingerprint density at radius 3 is 2.59 bits per heavy atom. The Morgan fingerprint density at radius 2 is 1.95 bits per heavy atom. The predicted octanol–water partition coefficient (Wildman–Crippen LogP) is 4.10. The van der Waals surface area contributed by atoms with Gasteiger partial charge in [-0.05, 0) is 43.8 Å². The van der Waals surface area contributed by atoms with Crippen molar-refractivity contribution < 1.29 is 32.6 Å². The molecule has 41 heavy (non-hydrogen) atoms. The Bertz CT molecular complexity index is 1350. The zero-order valence-electron chi connectivity index (χ0n) is 22.9.